The Morgan fingerprint density at radius 3 is 1.18 bits per heavy atom. The number of para-hydroxylation sites is 5. The Morgan fingerprint density at radius 2 is 0.679 bits per heavy atom. The molecular formula is C79H60N2O3. The summed E-state index contributed by atoms with van der Waals surface area (Å²) in [6.45, 7) is 13.7. The molecule has 1 aliphatic rings. The molecular weight excluding hydrogens is 1020 g/mol. The molecule has 0 saturated heterocycles. The molecule has 0 N–H and O–H groups in total. The summed E-state index contributed by atoms with van der Waals surface area (Å²) in [6, 6.07) is 93.1. The van der Waals surface area contributed by atoms with E-state index in [1.54, 1.807) is 0 Å². The molecule has 5 nitrogen and oxygen atoms in total. The van der Waals surface area contributed by atoms with Crippen LogP contribution in [-0.2, 0) is 16.2 Å². The van der Waals surface area contributed by atoms with Crippen LogP contribution in [0.25, 0.3) is 87.7 Å². The summed E-state index contributed by atoms with van der Waals surface area (Å²) in [4.78, 5) is 4.88. The first-order chi connectivity index (χ1) is 40.9. The second-order valence-corrected chi connectivity index (χ2v) is 24.7. The molecule has 15 aromatic rings. The average Bonchev–Trinajstić information content (AvgIpc) is 1.51. The average molecular weight is 1090 g/mol. The molecule has 0 amide bonds. The SMILES string of the molecule is CC(C)(C)c1ccc(N(c2cc3c(c4ccccc24)-c2c(cc(N(c4ccc(C(C)(C)C)cc4)c4cccc5c4oc4ccccc45)c4c2oc2ccccc24)C3(c2ccccc2)c2ccccc2)c2cccc3c2oc2ccccc23)cc1. The van der Waals surface area contributed by atoms with Crippen LogP contribution in [0.15, 0.2) is 268 Å². The largest absolute Gasteiger partial charge is 0.455 e. The zero-order chi connectivity index (χ0) is 56.6. The van der Waals surface area contributed by atoms with Crippen LogP contribution in [0.2, 0.25) is 0 Å². The van der Waals surface area contributed by atoms with E-state index in [9.17, 15) is 0 Å². The number of benzene rings is 12. The molecule has 0 spiro atoms. The van der Waals surface area contributed by atoms with Gasteiger partial charge in [0.2, 0.25) is 0 Å². The Hall–Kier alpha value is -10.1. The standard InChI is InChI=1S/C79H60N2O3/c1-77(2,3)49-39-43-53(44-40-49)80(64-34-21-32-59-56-28-15-18-36-68(56)82-74(59)64)66-47-62-71(58-30-14-13-27-55(58)66)73-63(79(62,51-23-9-7-10-24-51)52-25-11-8-12-26-52)48-67(72-61-31-17-20-38-70(61)84-76(72)73)81(54-45-41-50(42-46-54)78(4,5)6)65-35-22-33-60-57-29-16-19-37-69(57)83-75(60)65/h7-48H,1-6H3. The normalized spacial score (nSPS) is 13.2. The van der Waals surface area contributed by atoms with Gasteiger partial charge >= 0.3 is 0 Å². The predicted molar refractivity (Wildman–Crippen MR) is 350 cm³/mol. The summed E-state index contributed by atoms with van der Waals surface area (Å²) >= 11 is 0. The number of furan rings is 3. The van der Waals surface area contributed by atoms with Gasteiger partial charge in [-0.25, -0.2) is 0 Å². The molecule has 3 aromatic heterocycles. The summed E-state index contributed by atoms with van der Waals surface area (Å²) in [7, 11) is 0. The first-order valence-corrected chi connectivity index (χ1v) is 29.2. The van der Waals surface area contributed by atoms with E-state index in [1.807, 2.05) is 0 Å². The first-order valence-electron chi connectivity index (χ1n) is 29.2. The molecule has 0 saturated carbocycles. The van der Waals surface area contributed by atoms with Crippen LogP contribution in [0.3, 0.4) is 0 Å². The molecule has 0 fully saturated rings. The van der Waals surface area contributed by atoms with E-state index in [4.69, 9.17) is 13.3 Å². The lowest BCUT2D eigenvalue weighted by Crippen LogP contribution is -2.29. The molecule has 5 heteroatoms. The molecule has 0 radical (unpaired) electrons. The monoisotopic (exact) mass is 1080 g/mol. The van der Waals surface area contributed by atoms with Crippen molar-refractivity contribution in [3.63, 3.8) is 0 Å². The fourth-order valence-corrected chi connectivity index (χ4v) is 13.9. The molecule has 12 aromatic carbocycles. The molecule has 0 aliphatic heterocycles. The third kappa shape index (κ3) is 7.34. The summed E-state index contributed by atoms with van der Waals surface area (Å²) in [5.74, 6) is 0. The molecule has 16 rings (SSSR count). The van der Waals surface area contributed by atoms with Crippen molar-refractivity contribution in [3.8, 4) is 11.1 Å². The van der Waals surface area contributed by atoms with E-state index < -0.39 is 5.41 Å². The highest BCUT2D eigenvalue weighted by atomic mass is 16.3. The van der Waals surface area contributed by atoms with Gasteiger partial charge in [-0.3, -0.25) is 0 Å². The van der Waals surface area contributed by atoms with E-state index in [0.29, 0.717) is 0 Å². The molecule has 3 heterocycles. The third-order valence-electron chi connectivity index (χ3n) is 17.8. The van der Waals surface area contributed by atoms with Crippen LogP contribution >= 0.6 is 0 Å². The maximum absolute atomic E-state index is 7.59. The minimum absolute atomic E-state index is 0.0516. The smallest absolute Gasteiger partial charge is 0.159 e. The Labute approximate surface area is 488 Å². The van der Waals surface area contributed by atoms with Crippen molar-refractivity contribution in [2.45, 2.75) is 57.8 Å². The van der Waals surface area contributed by atoms with Gasteiger partial charge in [-0.15, -0.1) is 0 Å². The highest BCUT2D eigenvalue weighted by Crippen LogP contribution is 2.64. The van der Waals surface area contributed by atoms with Crippen LogP contribution in [0.4, 0.5) is 34.1 Å². The van der Waals surface area contributed by atoms with Crippen molar-refractivity contribution < 1.29 is 13.3 Å². The Morgan fingerprint density at radius 1 is 0.298 bits per heavy atom. The van der Waals surface area contributed by atoms with Gasteiger partial charge in [0.15, 0.2) is 11.2 Å². The van der Waals surface area contributed by atoms with E-state index in [0.717, 1.165) is 144 Å². The van der Waals surface area contributed by atoms with Crippen LogP contribution in [0, 0.1) is 0 Å². The molecule has 404 valence electrons. The maximum Gasteiger partial charge on any atom is 0.159 e. The fourth-order valence-electron chi connectivity index (χ4n) is 13.9. The summed E-state index contributed by atoms with van der Waals surface area (Å²) in [6.07, 6.45) is 0. The second kappa shape index (κ2) is 18.5. The third-order valence-corrected chi connectivity index (χ3v) is 17.8. The van der Waals surface area contributed by atoms with Crippen LogP contribution in [0.1, 0.15) is 74.9 Å². The lowest BCUT2D eigenvalue weighted by atomic mass is 9.67. The molecule has 84 heavy (non-hydrogen) atoms. The Kier molecular flexibility index (Phi) is 10.9. The molecule has 0 atom stereocenters. The van der Waals surface area contributed by atoms with E-state index in [2.05, 4.69) is 306 Å². The zero-order valence-corrected chi connectivity index (χ0v) is 47.9. The van der Waals surface area contributed by atoms with Crippen molar-refractivity contribution >= 4 is 111 Å². The van der Waals surface area contributed by atoms with Gasteiger partial charge in [-0.1, -0.05) is 230 Å². The number of hydrogen-bond acceptors (Lipinski definition) is 5. The van der Waals surface area contributed by atoms with Gasteiger partial charge < -0.3 is 23.1 Å². The van der Waals surface area contributed by atoms with Crippen molar-refractivity contribution in [2.24, 2.45) is 0 Å². The number of anilines is 6. The van der Waals surface area contributed by atoms with Crippen molar-refractivity contribution in [1.82, 2.24) is 0 Å². The lowest BCUT2D eigenvalue weighted by Gasteiger charge is -2.36. The van der Waals surface area contributed by atoms with Crippen molar-refractivity contribution in [3.05, 3.63) is 288 Å². The Balaban J connectivity index is 1.07. The number of nitrogens with zero attached hydrogens (tertiary/aromatic N) is 2. The molecule has 1 aliphatic carbocycles. The maximum atomic E-state index is 7.59. The predicted octanol–water partition coefficient (Wildman–Crippen LogP) is 22.4. The van der Waals surface area contributed by atoms with Gasteiger partial charge in [0.05, 0.1) is 33.6 Å². The van der Waals surface area contributed by atoms with E-state index >= 15 is 0 Å². The number of hydrogen-bond donors (Lipinski definition) is 0. The van der Waals surface area contributed by atoms with Gasteiger partial charge in [-0.2, -0.15) is 0 Å². The van der Waals surface area contributed by atoms with E-state index in [1.165, 1.54) is 11.1 Å². The molecule has 0 bridgehead atoms. The Bertz CT molecular complexity index is 5050. The highest BCUT2D eigenvalue weighted by molar-refractivity contribution is 6.24. The fraction of sp³-hybridized carbons (Fsp3) is 0.114. The van der Waals surface area contributed by atoms with Crippen molar-refractivity contribution in [2.75, 3.05) is 9.80 Å². The molecule has 0 unspecified atom stereocenters. The summed E-state index contributed by atoms with van der Waals surface area (Å²) in [5, 5.41) is 8.54. The van der Waals surface area contributed by atoms with Gasteiger partial charge in [0, 0.05) is 49.3 Å². The van der Waals surface area contributed by atoms with Gasteiger partial charge in [0.25, 0.3) is 0 Å². The van der Waals surface area contributed by atoms with Crippen LogP contribution in [0.5, 0.6) is 0 Å². The lowest BCUT2D eigenvalue weighted by molar-refractivity contribution is 0.590. The van der Waals surface area contributed by atoms with Crippen LogP contribution in [-0.4, -0.2) is 0 Å². The quantitative estimate of drug-likeness (QED) is 0.152. The van der Waals surface area contributed by atoms with Gasteiger partial charge in [-0.05, 0) is 122 Å². The van der Waals surface area contributed by atoms with Gasteiger partial charge in [0.1, 0.15) is 22.3 Å². The number of fused-ring (bicyclic) bond motifs is 15. The van der Waals surface area contributed by atoms with E-state index in [-0.39, 0.29) is 10.8 Å². The minimum atomic E-state index is -0.909. The van der Waals surface area contributed by atoms with Crippen LogP contribution < -0.4 is 9.80 Å². The minimum Gasteiger partial charge on any atom is -0.455 e. The second-order valence-electron chi connectivity index (χ2n) is 24.7. The first kappa shape index (κ1) is 49.7. The summed E-state index contributed by atoms with van der Waals surface area (Å²) in [5.41, 5.74) is 19.1. The number of rotatable bonds is 8. The topological polar surface area (TPSA) is 45.9 Å². The van der Waals surface area contributed by atoms with Crippen molar-refractivity contribution in [1.29, 1.82) is 0 Å². The zero-order valence-electron chi connectivity index (χ0n) is 47.9. The summed E-state index contributed by atoms with van der Waals surface area (Å²) < 4.78 is 21.6. The highest BCUT2D eigenvalue weighted by Gasteiger charge is 2.50.